The van der Waals surface area contributed by atoms with E-state index in [0.29, 0.717) is 0 Å². The van der Waals surface area contributed by atoms with E-state index in [4.69, 9.17) is 0 Å². The largest absolute Gasteiger partial charge is 0.314 e. The van der Waals surface area contributed by atoms with Crippen LogP contribution >= 0.6 is 0 Å². The van der Waals surface area contributed by atoms with Gasteiger partial charge in [-0.1, -0.05) is 33.6 Å². The molecule has 1 aliphatic carbocycles. The molecule has 2 heteroatoms. The molecule has 1 N–H and O–H groups in total. The molecule has 2 aliphatic rings. The highest BCUT2D eigenvalue weighted by atomic mass is 15.2. The first-order valence-electron chi connectivity index (χ1n) is 7.70. The molecule has 0 aromatic carbocycles. The fourth-order valence-electron chi connectivity index (χ4n) is 3.92. The van der Waals surface area contributed by atoms with Crippen LogP contribution in [0.5, 0.6) is 0 Å². The molecule has 0 radical (unpaired) electrons. The minimum absolute atomic E-state index is 0.785. The summed E-state index contributed by atoms with van der Waals surface area (Å²) in [6.45, 7) is 10.9. The maximum absolute atomic E-state index is 3.56. The van der Waals surface area contributed by atoms with Crippen molar-refractivity contribution in [2.24, 2.45) is 11.8 Å². The van der Waals surface area contributed by atoms with Crippen LogP contribution in [0.15, 0.2) is 0 Å². The number of rotatable bonds is 3. The van der Waals surface area contributed by atoms with Gasteiger partial charge in [0.15, 0.2) is 0 Å². The lowest BCUT2D eigenvalue weighted by molar-refractivity contribution is 0.0287. The number of nitrogens with one attached hydrogen (secondary N) is 1. The molecular formula is C15H30N2. The van der Waals surface area contributed by atoms with Crippen molar-refractivity contribution in [1.29, 1.82) is 0 Å². The Kier molecular flexibility index (Phi) is 4.87. The Morgan fingerprint density at radius 2 is 2.00 bits per heavy atom. The van der Waals surface area contributed by atoms with Crippen LogP contribution in [0.1, 0.15) is 52.9 Å². The number of piperazine rings is 1. The molecule has 1 aliphatic heterocycles. The first kappa shape index (κ1) is 13.4. The Bertz CT molecular complexity index is 227. The topological polar surface area (TPSA) is 15.3 Å². The van der Waals surface area contributed by atoms with Gasteiger partial charge in [0.1, 0.15) is 0 Å². The van der Waals surface area contributed by atoms with Crippen LogP contribution in [0.3, 0.4) is 0 Å². The summed E-state index contributed by atoms with van der Waals surface area (Å²) in [7, 11) is 0. The van der Waals surface area contributed by atoms with Crippen molar-refractivity contribution in [2.45, 2.75) is 65.0 Å². The standard InChI is InChI=1S/C15H30N2/c1-4-13-11-16-9-10-17(13)15-8-6-5-7-14(15)12(2)3/h12-16H,4-11H2,1-3H3. The van der Waals surface area contributed by atoms with Crippen molar-refractivity contribution < 1.29 is 0 Å². The summed E-state index contributed by atoms with van der Waals surface area (Å²) >= 11 is 0. The average Bonchev–Trinajstić information content (AvgIpc) is 2.38. The van der Waals surface area contributed by atoms with Gasteiger partial charge in [-0.15, -0.1) is 0 Å². The molecule has 17 heavy (non-hydrogen) atoms. The Labute approximate surface area is 107 Å². The monoisotopic (exact) mass is 238 g/mol. The van der Waals surface area contributed by atoms with Crippen LogP contribution < -0.4 is 5.32 Å². The Morgan fingerprint density at radius 1 is 1.24 bits per heavy atom. The highest BCUT2D eigenvalue weighted by molar-refractivity contribution is 4.90. The molecule has 0 spiro atoms. The van der Waals surface area contributed by atoms with Gasteiger partial charge in [-0.05, 0) is 31.1 Å². The molecule has 0 aromatic rings. The summed E-state index contributed by atoms with van der Waals surface area (Å²) in [5, 5.41) is 3.56. The van der Waals surface area contributed by atoms with E-state index in [9.17, 15) is 0 Å². The van der Waals surface area contributed by atoms with Gasteiger partial charge in [0, 0.05) is 31.7 Å². The first-order valence-corrected chi connectivity index (χ1v) is 7.70. The van der Waals surface area contributed by atoms with Crippen LogP contribution in [-0.2, 0) is 0 Å². The summed E-state index contributed by atoms with van der Waals surface area (Å²) in [6, 6.07) is 1.66. The first-order chi connectivity index (χ1) is 8.24. The van der Waals surface area contributed by atoms with Crippen molar-refractivity contribution in [3.05, 3.63) is 0 Å². The summed E-state index contributed by atoms with van der Waals surface area (Å²) in [6.07, 6.45) is 7.12. The van der Waals surface area contributed by atoms with Crippen LogP contribution in [0.4, 0.5) is 0 Å². The summed E-state index contributed by atoms with van der Waals surface area (Å²) in [5.41, 5.74) is 0. The zero-order valence-corrected chi connectivity index (χ0v) is 11.9. The van der Waals surface area contributed by atoms with E-state index in [0.717, 1.165) is 23.9 Å². The Morgan fingerprint density at radius 3 is 2.71 bits per heavy atom. The van der Waals surface area contributed by atoms with Gasteiger partial charge in [-0.25, -0.2) is 0 Å². The zero-order chi connectivity index (χ0) is 12.3. The lowest BCUT2D eigenvalue weighted by Gasteiger charge is -2.47. The van der Waals surface area contributed by atoms with Gasteiger partial charge in [0.05, 0.1) is 0 Å². The van der Waals surface area contributed by atoms with Crippen LogP contribution in [0.2, 0.25) is 0 Å². The predicted molar refractivity (Wildman–Crippen MR) is 74.2 cm³/mol. The SMILES string of the molecule is CCC1CNCCN1C1CCCCC1C(C)C. The molecule has 0 bridgehead atoms. The number of nitrogens with zero attached hydrogens (tertiary/aromatic N) is 1. The minimum atomic E-state index is 0.785. The predicted octanol–water partition coefficient (Wildman–Crippen LogP) is 2.89. The molecule has 100 valence electrons. The molecule has 2 rings (SSSR count). The van der Waals surface area contributed by atoms with E-state index in [1.165, 1.54) is 51.7 Å². The van der Waals surface area contributed by atoms with E-state index in [-0.39, 0.29) is 0 Å². The number of hydrogen-bond donors (Lipinski definition) is 1. The summed E-state index contributed by atoms with van der Waals surface area (Å²) < 4.78 is 0. The van der Waals surface area contributed by atoms with Crippen LogP contribution in [-0.4, -0.2) is 36.6 Å². The maximum atomic E-state index is 3.56. The molecule has 0 amide bonds. The van der Waals surface area contributed by atoms with Crippen molar-refractivity contribution in [1.82, 2.24) is 10.2 Å². The van der Waals surface area contributed by atoms with Crippen LogP contribution in [0, 0.1) is 11.8 Å². The van der Waals surface area contributed by atoms with Crippen LogP contribution in [0.25, 0.3) is 0 Å². The Hall–Kier alpha value is -0.0800. The molecule has 3 unspecified atom stereocenters. The van der Waals surface area contributed by atoms with Gasteiger partial charge in [-0.2, -0.15) is 0 Å². The van der Waals surface area contributed by atoms with E-state index < -0.39 is 0 Å². The molecule has 2 nitrogen and oxygen atoms in total. The van der Waals surface area contributed by atoms with Gasteiger partial charge in [-0.3, -0.25) is 4.90 Å². The van der Waals surface area contributed by atoms with Gasteiger partial charge in [0.2, 0.25) is 0 Å². The third-order valence-corrected chi connectivity index (χ3v) is 4.93. The lowest BCUT2D eigenvalue weighted by Crippen LogP contribution is -2.57. The molecular weight excluding hydrogens is 208 g/mol. The van der Waals surface area contributed by atoms with E-state index in [2.05, 4.69) is 31.0 Å². The number of hydrogen-bond acceptors (Lipinski definition) is 2. The molecule has 1 saturated carbocycles. The molecule has 0 aromatic heterocycles. The van der Waals surface area contributed by atoms with Crippen molar-refractivity contribution >= 4 is 0 Å². The second kappa shape index (κ2) is 6.19. The lowest BCUT2D eigenvalue weighted by atomic mass is 9.76. The van der Waals surface area contributed by atoms with Gasteiger partial charge >= 0.3 is 0 Å². The highest BCUT2D eigenvalue weighted by Gasteiger charge is 2.35. The minimum Gasteiger partial charge on any atom is -0.314 e. The fourth-order valence-corrected chi connectivity index (χ4v) is 3.92. The van der Waals surface area contributed by atoms with Crippen molar-refractivity contribution in [3.8, 4) is 0 Å². The summed E-state index contributed by atoms with van der Waals surface area (Å²) in [4.78, 5) is 2.85. The molecule has 3 atom stereocenters. The molecule has 1 heterocycles. The average molecular weight is 238 g/mol. The maximum Gasteiger partial charge on any atom is 0.0221 e. The highest BCUT2D eigenvalue weighted by Crippen LogP contribution is 2.35. The van der Waals surface area contributed by atoms with E-state index in [1.54, 1.807) is 0 Å². The third-order valence-electron chi connectivity index (χ3n) is 4.93. The fraction of sp³-hybridized carbons (Fsp3) is 1.00. The second-order valence-electron chi connectivity index (χ2n) is 6.26. The quantitative estimate of drug-likeness (QED) is 0.813. The summed E-state index contributed by atoms with van der Waals surface area (Å²) in [5.74, 6) is 1.79. The third kappa shape index (κ3) is 3.03. The second-order valence-corrected chi connectivity index (χ2v) is 6.26. The van der Waals surface area contributed by atoms with Crippen molar-refractivity contribution in [2.75, 3.05) is 19.6 Å². The van der Waals surface area contributed by atoms with Gasteiger partial charge < -0.3 is 5.32 Å². The van der Waals surface area contributed by atoms with E-state index in [1.807, 2.05) is 0 Å². The molecule has 2 fully saturated rings. The smallest absolute Gasteiger partial charge is 0.0221 e. The normalized spacial score (nSPS) is 36.4. The Balaban J connectivity index is 2.05. The molecule has 1 saturated heterocycles. The van der Waals surface area contributed by atoms with Gasteiger partial charge in [0.25, 0.3) is 0 Å². The van der Waals surface area contributed by atoms with Crippen molar-refractivity contribution in [3.63, 3.8) is 0 Å². The van der Waals surface area contributed by atoms with E-state index >= 15 is 0 Å². The zero-order valence-electron chi connectivity index (χ0n) is 11.9.